The molecular weight excluding hydrogens is 446 g/mol. The third-order valence-electron chi connectivity index (χ3n) is 5.95. The fourth-order valence-corrected chi connectivity index (χ4v) is 5.38. The van der Waals surface area contributed by atoms with Gasteiger partial charge in [0.05, 0.1) is 21.5 Å². The molecule has 1 saturated heterocycles. The van der Waals surface area contributed by atoms with E-state index in [2.05, 4.69) is 9.97 Å². The van der Waals surface area contributed by atoms with Crippen molar-refractivity contribution in [3.05, 3.63) is 108 Å². The molecule has 0 spiro atoms. The van der Waals surface area contributed by atoms with Crippen LogP contribution in [0.2, 0.25) is 0 Å². The van der Waals surface area contributed by atoms with Crippen LogP contribution in [0.25, 0.3) is 26.7 Å². The lowest BCUT2D eigenvalue weighted by molar-refractivity contribution is -0.132. The van der Waals surface area contributed by atoms with Gasteiger partial charge in [-0.15, -0.1) is 0 Å². The highest BCUT2D eigenvalue weighted by Gasteiger charge is 2.48. The maximum atomic E-state index is 13.4. The number of aliphatic hydroxyl groups is 1. The first-order valence-corrected chi connectivity index (χ1v) is 11.5. The van der Waals surface area contributed by atoms with E-state index in [4.69, 9.17) is 0 Å². The second-order valence-corrected chi connectivity index (χ2v) is 8.92. The highest BCUT2D eigenvalue weighted by atomic mass is 32.1. The highest BCUT2D eigenvalue weighted by Crippen LogP contribution is 2.44. The van der Waals surface area contributed by atoms with E-state index in [1.54, 1.807) is 30.5 Å². The highest BCUT2D eigenvalue weighted by molar-refractivity contribution is 7.22. The molecule has 1 unspecified atom stereocenters. The summed E-state index contributed by atoms with van der Waals surface area (Å²) in [5.74, 6) is -1.73. The fraction of sp³-hybridized carbons (Fsp3) is 0.0370. The molecule has 164 valence electrons. The van der Waals surface area contributed by atoms with Crippen LogP contribution in [0, 0.1) is 0 Å². The standard InChI is InChI=1S/C27H17N3O3S/c31-24(18-11-7-9-16-8-1-2-10-17(16)18)22-23(20-13-5-6-15-28-20)30(26(33)25(22)32)27-29-19-12-3-4-14-21(19)34-27/h1-15,23,31H/b24-22+. The molecule has 3 aromatic carbocycles. The van der Waals surface area contributed by atoms with Crippen molar-refractivity contribution in [3.8, 4) is 0 Å². The normalized spacial score (nSPS) is 17.6. The molecule has 0 bridgehead atoms. The van der Waals surface area contributed by atoms with Gasteiger partial charge in [-0.2, -0.15) is 0 Å². The quantitative estimate of drug-likeness (QED) is 0.218. The Bertz CT molecular complexity index is 1590. The number of fused-ring (bicyclic) bond motifs is 2. The molecule has 7 heteroatoms. The molecule has 6 nitrogen and oxygen atoms in total. The van der Waals surface area contributed by atoms with Gasteiger partial charge < -0.3 is 5.11 Å². The molecule has 1 fully saturated rings. The van der Waals surface area contributed by atoms with Crippen LogP contribution in [0.5, 0.6) is 0 Å². The molecule has 5 aromatic rings. The Balaban J connectivity index is 1.61. The number of benzene rings is 3. The van der Waals surface area contributed by atoms with Crippen molar-refractivity contribution in [3.63, 3.8) is 0 Å². The zero-order chi connectivity index (χ0) is 23.2. The number of nitrogens with zero attached hydrogens (tertiary/aromatic N) is 3. The number of carbonyl (C=O) groups is 2. The second kappa shape index (κ2) is 7.90. The van der Waals surface area contributed by atoms with Gasteiger partial charge in [0.1, 0.15) is 11.8 Å². The molecule has 2 aromatic heterocycles. The van der Waals surface area contributed by atoms with Crippen molar-refractivity contribution < 1.29 is 14.7 Å². The summed E-state index contributed by atoms with van der Waals surface area (Å²) < 4.78 is 0.897. The number of aliphatic hydroxyl groups excluding tert-OH is 1. The van der Waals surface area contributed by atoms with Crippen LogP contribution in [0.15, 0.2) is 96.7 Å². The summed E-state index contributed by atoms with van der Waals surface area (Å²) in [5.41, 5.74) is 1.70. The van der Waals surface area contributed by atoms with E-state index in [1.165, 1.54) is 16.2 Å². The summed E-state index contributed by atoms with van der Waals surface area (Å²) in [4.78, 5) is 37.1. The zero-order valence-corrected chi connectivity index (χ0v) is 18.6. The average molecular weight is 464 g/mol. The number of para-hydroxylation sites is 1. The lowest BCUT2D eigenvalue weighted by Crippen LogP contribution is -2.29. The molecule has 34 heavy (non-hydrogen) atoms. The van der Waals surface area contributed by atoms with E-state index >= 15 is 0 Å². The van der Waals surface area contributed by atoms with Gasteiger partial charge in [0.15, 0.2) is 5.13 Å². The summed E-state index contributed by atoms with van der Waals surface area (Å²) in [6, 6.07) is 25.0. The van der Waals surface area contributed by atoms with Crippen LogP contribution in [-0.4, -0.2) is 26.8 Å². The lowest BCUT2D eigenvalue weighted by Gasteiger charge is -2.22. The van der Waals surface area contributed by atoms with Crippen molar-refractivity contribution in [1.82, 2.24) is 9.97 Å². The van der Waals surface area contributed by atoms with E-state index in [0.29, 0.717) is 16.4 Å². The number of hydrogen-bond acceptors (Lipinski definition) is 6. The number of ketones is 1. The molecule has 6 rings (SSSR count). The van der Waals surface area contributed by atoms with E-state index in [9.17, 15) is 14.7 Å². The number of aromatic nitrogens is 2. The van der Waals surface area contributed by atoms with Gasteiger partial charge in [-0.3, -0.25) is 19.5 Å². The number of anilines is 1. The van der Waals surface area contributed by atoms with E-state index in [1.807, 2.05) is 60.7 Å². The Hall–Kier alpha value is -4.36. The first-order valence-electron chi connectivity index (χ1n) is 10.7. The third kappa shape index (κ3) is 3.09. The fourth-order valence-electron chi connectivity index (χ4n) is 4.39. The van der Waals surface area contributed by atoms with Gasteiger partial charge in [0, 0.05) is 11.8 Å². The predicted octanol–water partition coefficient (Wildman–Crippen LogP) is 5.47. The molecule has 1 atom stereocenters. The Morgan fingerprint density at radius 2 is 1.65 bits per heavy atom. The monoisotopic (exact) mass is 463 g/mol. The van der Waals surface area contributed by atoms with Crippen molar-refractivity contribution >= 4 is 54.9 Å². The van der Waals surface area contributed by atoms with Gasteiger partial charge in [-0.1, -0.05) is 72.0 Å². The molecule has 1 amide bonds. The summed E-state index contributed by atoms with van der Waals surface area (Å²) in [6.45, 7) is 0. The number of amides is 1. The van der Waals surface area contributed by atoms with Crippen molar-refractivity contribution in [2.45, 2.75) is 6.04 Å². The minimum absolute atomic E-state index is 0.000640. The van der Waals surface area contributed by atoms with Gasteiger partial charge in [0.25, 0.3) is 5.78 Å². The van der Waals surface area contributed by atoms with E-state index in [0.717, 1.165) is 21.0 Å². The Labute approximate surface area is 198 Å². The Kier molecular flexibility index (Phi) is 4.71. The number of pyridine rings is 1. The Morgan fingerprint density at radius 3 is 2.47 bits per heavy atom. The number of carbonyl (C=O) groups excluding carboxylic acids is 2. The lowest BCUT2D eigenvalue weighted by atomic mass is 9.95. The van der Waals surface area contributed by atoms with Crippen LogP contribution >= 0.6 is 11.3 Å². The van der Waals surface area contributed by atoms with Gasteiger partial charge in [-0.05, 0) is 35.0 Å². The van der Waals surface area contributed by atoms with E-state index in [-0.39, 0.29) is 11.3 Å². The first kappa shape index (κ1) is 20.3. The number of Topliss-reactive ketones (excluding diaryl/α,β-unsaturated/α-hetero) is 1. The van der Waals surface area contributed by atoms with Crippen LogP contribution < -0.4 is 4.90 Å². The minimum atomic E-state index is -0.902. The maximum absolute atomic E-state index is 13.4. The summed E-state index contributed by atoms with van der Waals surface area (Å²) >= 11 is 1.32. The number of hydrogen-bond donors (Lipinski definition) is 1. The van der Waals surface area contributed by atoms with Crippen LogP contribution in [0.4, 0.5) is 5.13 Å². The zero-order valence-electron chi connectivity index (χ0n) is 17.8. The SMILES string of the molecule is O=C1C(=O)N(c2nc3ccccc3s2)C(c2ccccn2)/C1=C(\O)c1cccc2ccccc12. The van der Waals surface area contributed by atoms with Crippen LogP contribution in [0.3, 0.4) is 0 Å². The number of rotatable bonds is 3. The molecule has 0 saturated carbocycles. The smallest absolute Gasteiger partial charge is 0.301 e. The largest absolute Gasteiger partial charge is 0.507 e. The third-order valence-corrected chi connectivity index (χ3v) is 6.98. The second-order valence-electron chi connectivity index (χ2n) is 7.91. The summed E-state index contributed by atoms with van der Waals surface area (Å²) in [6.07, 6.45) is 1.60. The summed E-state index contributed by atoms with van der Waals surface area (Å²) in [5, 5.41) is 13.6. The predicted molar refractivity (Wildman–Crippen MR) is 133 cm³/mol. The molecule has 1 aliphatic rings. The van der Waals surface area contributed by atoms with Crippen LogP contribution in [-0.2, 0) is 9.59 Å². The Morgan fingerprint density at radius 1 is 0.882 bits per heavy atom. The first-order chi connectivity index (χ1) is 16.6. The van der Waals surface area contributed by atoms with Crippen molar-refractivity contribution in [2.24, 2.45) is 0 Å². The topological polar surface area (TPSA) is 83.4 Å². The van der Waals surface area contributed by atoms with Gasteiger partial charge in [-0.25, -0.2) is 4.98 Å². The van der Waals surface area contributed by atoms with Crippen LogP contribution in [0.1, 0.15) is 17.3 Å². The number of thiazole rings is 1. The van der Waals surface area contributed by atoms with Gasteiger partial charge in [0.2, 0.25) is 0 Å². The minimum Gasteiger partial charge on any atom is -0.507 e. The van der Waals surface area contributed by atoms with Crippen molar-refractivity contribution in [1.29, 1.82) is 0 Å². The summed E-state index contributed by atoms with van der Waals surface area (Å²) in [7, 11) is 0. The molecule has 1 N–H and O–H groups in total. The average Bonchev–Trinajstić information content (AvgIpc) is 3.42. The molecule has 0 aliphatic carbocycles. The maximum Gasteiger partial charge on any atom is 0.301 e. The molecular formula is C27H17N3O3S. The molecule has 1 aliphatic heterocycles. The van der Waals surface area contributed by atoms with Crippen molar-refractivity contribution in [2.75, 3.05) is 4.90 Å². The van der Waals surface area contributed by atoms with E-state index < -0.39 is 17.7 Å². The van der Waals surface area contributed by atoms with Gasteiger partial charge >= 0.3 is 5.91 Å². The molecule has 3 heterocycles. The molecule has 0 radical (unpaired) electrons.